The van der Waals surface area contributed by atoms with Crippen LogP contribution >= 0.6 is 0 Å². The molecule has 0 N–H and O–H groups in total. The molecule has 3 rings (SSSR count). The summed E-state index contributed by atoms with van der Waals surface area (Å²) < 4.78 is 32.5. The average Bonchev–Trinajstić information content (AvgIpc) is 3.21. The Balaban J connectivity index is 1.72. The summed E-state index contributed by atoms with van der Waals surface area (Å²) in [5.41, 5.74) is 0.732. The quantitative estimate of drug-likeness (QED) is 0.713. The minimum Gasteiger partial charge on any atom is -0.452 e. The number of carbonyl (C=O) groups is 2. The second kappa shape index (κ2) is 8.39. The number of piperidine rings is 1. The predicted octanol–water partition coefficient (Wildman–Crippen LogP) is 1.95. The third kappa shape index (κ3) is 4.50. The van der Waals surface area contributed by atoms with Gasteiger partial charge < -0.3 is 9.64 Å². The van der Waals surface area contributed by atoms with Crippen molar-refractivity contribution in [1.82, 2.24) is 9.21 Å². The van der Waals surface area contributed by atoms with E-state index < -0.39 is 16.0 Å². The predicted molar refractivity (Wildman–Crippen MR) is 99.9 cm³/mol. The lowest BCUT2D eigenvalue weighted by molar-refractivity contribution is -0.133. The van der Waals surface area contributed by atoms with E-state index in [0.717, 1.165) is 32.1 Å². The van der Waals surface area contributed by atoms with Crippen LogP contribution in [0.2, 0.25) is 0 Å². The first-order valence-electron chi connectivity index (χ1n) is 9.45. The van der Waals surface area contributed by atoms with Crippen LogP contribution in [0.15, 0.2) is 23.1 Å². The van der Waals surface area contributed by atoms with Crippen molar-refractivity contribution in [2.75, 3.05) is 32.8 Å². The molecule has 0 radical (unpaired) electrons. The van der Waals surface area contributed by atoms with Gasteiger partial charge in [-0.25, -0.2) is 13.2 Å². The maximum Gasteiger partial charge on any atom is 0.338 e. The number of hydrogen-bond acceptors (Lipinski definition) is 5. The lowest BCUT2D eigenvalue weighted by Crippen LogP contribution is -2.36. The third-order valence-corrected chi connectivity index (χ3v) is 7.18. The molecule has 2 fully saturated rings. The molecule has 1 aromatic rings. The second-order valence-corrected chi connectivity index (χ2v) is 9.02. The number of sulfonamides is 1. The Bertz CT molecular complexity index is 809. The van der Waals surface area contributed by atoms with Gasteiger partial charge in [0, 0.05) is 26.2 Å². The van der Waals surface area contributed by atoms with Crippen molar-refractivity contribution in [3.8, 4) is 0 Å². The fourth-order valence-corrected chi connectivity index (χ4v) is 5.29. The van der Waals surface area contributed by atoms with Gasteiger partial charge >= 0.3 is 5.97 Å². The summed E-state index contributed by atoms with van der Waals surface area (Å²) >= 11 is 0. The van der Waals surface area contributed by atoms with Gasteiger partial charge in [0.1, 0.15) is 0 Å². The normalized spacial score (nSPS) is 18.5. The van der Waals surface area contributed by atoms with E-state index in [4.69, 9.17) is 4.74 Å². The molecule has 2 heterocycles. The van der Waals surface area contributed by atoms with Crippen molar-refractivity contribution >= 4 is 21.9 Å². The van der Waals surface area contributed by atoms with Gasteiger partial charge in [-0.3, -0.25) is 4.79 Å². The molecule has 1 amide bonds. The van der Waals surface area contributed by atoms with Gasteiger partial charge in [-0.2, -0.15) is 4.31 Å². The van der Waals surface area contributed by atoms with E-state index >= 15 is 0 Å². The van der Waals surface area contributed by atoms with Crippen LogP contribution in [-0.2, 0) is 19.6 Å². The van der Waals surface area contributed by atoms with E-state index in [9.17, 15) is 18.0 Å². The summed E-state index contributed by atoms with van der Waals surface area (Å²) in [5, 5.41) is 0. The summed E-state index contributed by atoms with van der Waals surface area (Å²) in [4.78, 5) is 26.1. The van der Waals surface area contributed by atoms with Gasteiger partial charge in [0.05, 0.1) is 10.5 Å². The average molecular weight is 394 g/mol. The number of carbonyl (C=O) groups excluding carboxylic acids is 2. The molecule has 7 nitrogen and oxygen atoms in total. The summed E-state index contributed by atoms with van der Waals surface area (Å²) in [6, 6.07) is 4.50. The van der Waals surface area contributed by atoms with Crippen molar-refractivity contribution in [3.05, 3.63) is 29.3 Å². The molecular formula is C19H26N2O5S. The molecule has 0 unspecified atom stereocenters. The van der Waals surface area contributed by atoms with Crippen molar-refractivity contribution in [1.29, 1.82) is 0 Å². The van der Waals surface area contributed by atoms with Crippen molar-refractivity contribution in [2.45, 2.75) is 43.9 Å². The van der Waals surface area contributed by atoms with Crippen LogP contribution < -0.4 is 0 Å². The number of hydrogen-bond donors (Lipinski definition) is 0. The lowest BCUT2D eigenvalue weighted by atomic mass is 10.1. The number of benzene rings is 1. The first-order valence-corrected chi connectivity index (χ1v) is 10.9. The van der Waals surface area contributed by atoms with Gasteiger partial charge in [0.15, 0.2) is 6.61 Å². The van der Waals surface area contributed by atoms with E-state index in [1.54, 1.807) is 17.9 Å². The zero-order valence-electron chi connectivity index (χ0n) is 15.6. The number of rotatable bonds is 5. The Hall–Kier alpha value is -1.93. The molecule has 148 valence electrons. The molecule has 2 aliphatic rings. The maximum absolute atomic E-state index is 12.9. The minimum absolute atomic E-state index is 0.129. The Morgan fingerprint density at radius 3 is 2.30 bits per heavy atom. The Morgan fingerprint density at radius 2 is 1.63 bits per heavy atom. The standard InChI is InChI=1S/C19H26N2O5S/c1-15-7-8-16(19(23)26-14-18(22)20-9-5-6-10-20)13-17(15)27(24,25)21-11-3-2-4-12-21/h7-8,13H,2-6,9-12,14H2,1H3. The van der Waals surface area contributed by atoms with E-state index in [1.807, 2.05) is 0 Å². The first kappa shape index (κ1) is 19.8. The monoisotopic (exact) mass is 394 g/mol. The minimum atomic E-state index is -3.64. The van der Waals surface area contributed by atoms with E-state index in [2.05, 4.69) is 0 Å². The van der Waals surface area contributed by atoms with Gasteiger partial charge in [0.25, 0.3) is 5.91 Å². The van der Waals surface area contributed by atoms with Crippen LogP contribution in [-0.4, -0.2) is 62.3 Å². The molecule has 0 atom stereocenters. The van der Waals surface area contributed by atoms with Crippen LogP contribution in [0.4, 0.5) is 0 Å². The summed E-state index contributed by atoms with van der Waals surface area (Å²) in [5.74, 6) is -0.897. The largest absolute Gasteiger partial charge is 0.452 e. The highest BCUT2D eigenvalue weighted by Gasteiger charge is 2.28. The van der Waals surface area contributed by atoms with Crippen molar-refractivity contribution in [3.63, 3.8) is 0 Å². The molecule has 27 heavy (non-hydrogen) atoms. The Morgan fingerprint density at radius 1 is 1.00 bits per heavy atom. The lowest BCUT2D eigenvalue weighted by Gasteiger charge is -2.26. The molecule has 0 aliphatic carbocycles. The second-order valence-electron chi connectivity index (χ2n) is 7.11. The van der Waals surface area contributed by atoms with Crippen LogP contribution in [0.1, 0.15) is 48.0 Å². The molecule has 0 bridgehead atoms. The SMILES string of the molecule is Cc1ccc(C(=O)OCC(=O)N2CCCC2)cc1S(=O)(=O)N1CCCCC1. The number of nitrogens with zero attached hydrogens (tertiary/aromatic N) is 2. The fourth-order valence-electron chi connectivity index (χ4n) is 3.52. The summed E-state index contributed by atoms with van der Waals surface area (Å²) in [6.07, 6.45) is 4.66. The van der Waals surface area contributed by atoms with Gasteiger partial charge in [-0.05, 0) is 50.3 Å². The number of esters is 1. The molecule has 0 spiro atoms. The molecule has 0 saturated carbocycles. The topological polar surface area (TPSA) is 84.0 Å². The van der Waals surface area contributed by atoms with Crippen molar-refractivity contribution < 1.29 is 22.7 Å². The zero-order valence-corrected chi connectivity index (χ0v) is 16.5. The van der Waals surface area contributed by atoms with Gasteiger partial charge in [0.2, 0.25) is 10.0 Å². The first-order chi connectivity index (χ1) is 12.9. The maximum atomic E-state index is 12.9. The molecule has 2 aliphatic heterocycles. The zero-order chi connectivity index (χ0) is 19.4. The number of likely N-dealkylation sites (tertiary alicyclic amines) is 1. The smallest absolute Gasteiger partial charge is 0.338 e. The summed E-state index contributed by atoms with van der Waals surface area (Å²) in [6.45, 7) is 3.78. The Labute approximate surface area is 160 Å². The van der Waals surface area contributed by atoms with Crippen LogP contribution in [0.25, 0.3) is 0 Å². The van der Waals surface area contributed by atoms with E-state index in [-0.39, 0.29) is 23.0 Å². The van der Waals surface area contributed by atoms with Crippen LogP contribution in [0, 0.1) is 6.92 Å². The highest BCUT2D eigenvalue weighted by molar-refractivity contribution is 7.89. The van der Waals surface area contributed by atoms with Gasteiger partial charge in [-0.15, -0.1) is 0 Å². The molecular weight excluding hydrogens is 368 g/mol. The highest BCUT2D eigenvalue weighted by Crippen LogP contribution is 2.24. The number of amides is 1. The third-order valence-electron chi connectivity index (χ3n) is 5.14. The molecule has 2 saturated heterocycles. The number of ether oxygens (including phenoxy) is 1. The van der Waals surface area contributed by atoms with Crippen LogP contribution in [0.5, 0.6) is 0 Å². The Kier molecular flexibility index (Phi) is 6.16. The fraction of sp³-hybridized carbons (Fsp3) is 0.579. The van der Waals surface area contributed by atoms with E-state index in [1.165, 1.54) is 16.4 Å². The summed E-state index contributed by atoms with van der Waals surface area (Å²) in [7, 11) is -3.64. The van der Waals surface area contributed by atoms with Crippen molar-refractivity contribution in [2.24, 2.45) is 0 Å². The van der Waals surface area contributed by atoms with E-state index in [0.29, 0.717) is 31.7 Å². The van der Waals surface area contributed by atoms with Crippen LogP contribution in [0.3, 0.4) is 0 Å². The molecule has 1 aromatic carbocycles. The molecule has 0 aromatic heterocycles. The highest BCUT2D eigenvalue weighted by atomic mass is 32.2. The van der Waals surface area contributed by atoms with Gasteiger partial charge in [-0.1, -0.05) is 12.5 Å². The number of aryl methyl sites for hydroxylation is 1. The molecule has 8 heteroatoms.